The van der Waals surface area contributed by atoms with Crippen molar-refractivity contribution >= 4 is 103 Å². The quantitative estimate of drug-likeness (QED) is 0.156. The summed E-state index contributed by atoms with van der Waals surface area (Å²) in [5, 5.41) is 12.6. The number of anilines is 3. The molecule has 0 saturated carbocycles. The van der Waals surface area contributed by atoms with E-state index in [2.05, 4.69) is 235 Å². The molecule has 0 unspecified atom stereocenters. The molecule has 0 bridgehead atoms. The molecular weight excluding hydrogens is 795 g/mol. The van der Waals surface area contributed by atoms with Gasteiger partial charge < -0.3 is 9.47 Å². The normalized spacial score (nSPS) is 11.8. The van der Waals surface area contributed by atoms with Crippen LogP contribution in [0.5, 0.6) is 0 Å². The van der Waals surface area contributed by atoms with Crippen LogP contribution in [-0.2, 0) is 0 Å². The average molecular weight is 834 g/mol. The number of aromatic nitrogens is 2. The zero-order valence-corrected chi connectivity index (χ0v) is 35.9. The highest BCUT2D eigenvalue weighted by Gasteiger charge is 2.19. The molecule has 4 heteroatoms. The van der Waals surface area contributed by atoms with Crippen LogP contribution in [0.1, 0.15) is 5.56 Å². The predicted molar refractivity (Wildman–Crippen MR) is 274 cm³/mol. The highest BCUT2D eigenvalue weighted by atomic mass is 32.1. The number of nitrogens with zero attached hydrogens (tertiary/aromatic N) is 3. The van der Waals surface area contributed by atoms with Gasteiger partial charge in [0.2, 0.25) is 0 Å². The van der Waals surface area contributed by atoms with Gasteiger partial charge in [-0.3, -0.25) is 4.98 Å². The molecule has 3 nitrogen and oxygen atoms in total. The van der Waals surface area contributed by atoms with E-state index in [4.69, 9.17) is 4.98 Å². The van der Waals surface area contributed by atoms with E-state index in [0.717, 1.165) is 28.3 Å². The standard InChI is InChI=1S/C60H39N3S/c1-38-14-5-11-24-56(38)62(42-17-3-2-4-18-42)43-27-30-58-52(34-43)50-23-10-12-25-57(50)63(58)44-28-31-59-53(35-44)54-36-55(61-37-60(54)64-59)41-16-13-15-39(32-41)40-26-29-49-47-21-7-6-19-45(47)46-20-8-9-22-48(46)51(49)33-40/h2-37H,1H3. The van der Waals surface area contributed by atoms with Gasteiger partial charge in [-0.2, -0.15) is 0 Å². The Labute approximate surface area is 374 Å². The predicted octanol–water partition coefficient (Wildman–Crippen LogP) is 17.1. The number of thiophene rings is 1. The maximum Gasteiger partial charge on any atom is 0.0709 e. The van der Waals surface area contributed by atoms with Crippen molar-refractivity contribution in [1.29, 1.82) is 0 Å². The van der Waals surface area contributed by atoms with Crippen molar-refractivity contribution < 1.29 is 0 Å². The van der Waals surface area contributed by atoms with Gasteiger partial charge >= 0.3 is 0 Å². The highest BCUT2D eigenvalue weighted by Crippen LogP contribution is 2.43. The number of hydrogen-bond donors (Lipinski definition) is 0. The van der Waals surface area contributed by atoms with Crippen molar-refractivity contribution in [1.82, 2.24) is 9.55 Å². The number of fused-ring (bicyclic) bond motifs is 12. The molecule has 3 heterocycles. The van der Waals surface area contributed by atoms with Crippen molar-refractivity contribution in [2.75, 3.05) is 4.90 Å². The van der Waals surface area contributed by atoms with Crippen LogP contribution in [0.3, 0.4) is 0 Å². The summed E-state index contributed by atoms with van der Waals surface area (Å²) in [6, 6.07) is 77.6. The Bertz CT molecular complexity index is 3960. The lowest BCUT2D eigenvalue weighted by Crippen LogP contribution is -2.11. The van der Waals surface area contributed by atoms with E-state index in [9.17, 15) is 0 Å². The molecule has 0 N–H and O–H groups in total. The van der Waals surface area contributed by atoms with Crippen LogP contribution in [0.2, 0.25) is 0 Å². The molecule has 13 aromatic rings. The molecule has 0 atom stereocenters. The summed E-state index contributed by atoms with van der Waals surface area (Å²) < 4.78 is 4.87. The smallest absolute Gasteiger partial charge is 0.0709 e. The Morgan fingerprint density at radius 3 is 1.83 bits per heavy atom. The lowest BCUT2D eigenvalue weighted by molar-refractivity contribution is 1.18. The van der Waals surface area contributed by atoms with Crippen LogP contribution >= 0.6 is 11.3 Å². The molecule has 0 radical (unpaired) electrons. The summed E-state index contributed by atoms with van der Waals surface area (Å²) in [6.45, 7) is 2.19. The number of para-hydroxylation sites is 3. The second-order valence-electron chi connectivity index (χ2n) is 16.8. The summed E-state index contributed by atoms with van der Waals surface area (Å²) >= 11 is 1.81. The third-order valence-electron chi connectivity index (χ3n) is 13.1. The number of aryl methyl sites for hydroxylation is 1. The maximum absolute atomic E-state index is 5.06. The van der Waals surface area contributed by atoms with Gasteiger partial charge in [-0.05, 0) is 135 Å². The van der Waals surface area contributed by atoms with Gasteiger partial charge in [-0.25, -0.2) is 0 Å². The zero-order valence-electron chi connectivity index (χ0n) is 35.0. The summed E-state index contributed by atoms with van der Waals surface area (Å²) in [6.07, 6.45) is 2.06. The summed E-state index contributed by atoms with van der Waals surface area (Å²) in [5.74, 6) is 0. The van der Waals surface area contributed by atoms with E-state index < -0.39 is 0 Å². The molecule has 0 fully saturated rings. The largest absolute Gasteiger partial charge is 0.310 e. The van der Waals surface area contributed by atoms with Gasteiger partial charge in [-0.1, -0.05) is 133 Å². The Kier molecular flexibility index (Phi) is 8.30. The van der Waals surface area contributed by atoms with E-state index in [0.29, 0.717) is 0 Å². The first-order chi connectivity index (χ1) is 31.6. The second kappa shape index (κ2) is 14.5. The molecule has 3 aromatic heterocycles. The van der Waals surface area contributed by atoms with E-state index in [-0.39, 0.29) is 0 Å². The molecule has 10 aromatic carbocycles. The van der Waals surface area contributed by atoms with Crippen molar-refractivity contribution in [3.05, 3.63) is 224 Å². The number of hydrogen-bond acceptors (Lipinski definition) is 3. The molecule has 0 saturated heterocycles. The summed E-state index contributed by atoms with van der Waals surface area (Å²) in [7, 11) is 0. The second-order valence-corrected chi connectivity index (χ2v) is 17.9. The molecule has 0 aliphatic rings. The molecule has 13 rings (SSSR count). The minimum Gasteiger partial charge on any atom is -0.310 e. The topological polar surface area (TPSA) is 21.1 Å². The van der Waals surface area contributed by atoms with Crippen molar-refractivity contribution in [2.24, 2.45) is 0 Å². The maximum atomic E-state index is 5.06. The lowest BCUT2D eigenvalue weighted by atomic mass is 9.91. The average Bonchev–Trinajstić information content (AvgIpc) is 3.89. The first-order valence-corrected chi connectivity index (χ1v) is 22.7. The third-order valence-corrected chi connectivity index (χ3v) is 14.2. The fraction of sp³-hybridized carbons (Fsp3) is 0.0167. The molecule has 64 heavy (non-hydrogen) atoms. The van der Waals surface area contributed by atoms with Crippen LogP contribution in [0.15, 0.2) is 219 Å². The van der Waals surface area contributed by atoms with Crippen LogP contribution in [0.25, 0.3) is 102 Å². The third kappa shape index (κ3) is 5.77. The van der Waals surface area contributed by atoms with Crippen molar-refractivity contribution in [2.45, 2.75) is 6.92 Å². The fourth-order valence-corrected chi connectivity index (χ4v) is 11.1. The highest BCUT2D eigenvalue weighted by molar-refractivity contribution is 7.25. The van der Waals surface area contributed by atoms with Gasteiger partial charge in [0, 0.05) is 60.8 Å². The van der Waals surface area contributed by atoms with E-state index in [1.165, 1.54) is 96.7 Å². The first kappa shape index (κ1) is 36.6. The van der Waals surface area contributed by atoms with Crippen LogP contribution in [0, 0.1) is 6.92 Å². The monoisotopic (exact) mass is 833 g/mol. The number of benzene rings is 10. The zero-order chi connectivity index (χ0) is 42.3. The van der Waals surface area contributed by atoms with Crippen molar-refractivity contribution in [3.63, 3.8) is 0 Å². The molecule has 300 valence electrons. The summed E-state index contributed by atoms with van der Waals surface area (Å²) in [4.78, 5) is 7.43. The van der Waals surface area contributed by atoms with Crippen molar-refractivity contribution in [3.8, 4) is 28.1 Å². The van der Waals surface area contributed by atoms with E-state index in [1.807, 2.05) is 0 Å². The Morgan fingerprint density at radius 2 is 1.03 bits per heavy atom. The van der Waals surface area contributed by atoms with Gasteiger partial charge in [-0.15, -0.1) is 11.3 Å². The molecular formula is C60H39N3S. The minimum atomic E-state index is 0.970. The minimum absolute atomic E-state index is 0.970. The van der Waals surface area contributed by atoms with E-state index in [1.54, 1.807) is 11.3 Å². The van der Waals surface area contributed by atoms with Crippen LogP contribution in [-0.4, -0.2) is 9.55 Å². The number of rotatable bonds is 6. The Morgan fingerprint density at radius 1 is 0.391 bits per heavy atom. The van der Waals surface area contributed by atoms with E-state index >= 15 is 0 Å². The Hall–Kier alpha value is -8.05. The SMILES string of the molecule is Cc1ccccc1N(c1ccccc1)c1ccc2c(c1)c1ccccc1n2-c1ccc2sc3cnc(-c4cccc(-c5ccc6c7ccccc7c7ccccc7c6c5)c4)cc3c2c1. The van der Waals surface area contributed by atoms with Gasteiger partial charge in [0.1, 0.15) is 0 Å². The first-order valence-electron chi connectivity index (χ1n) is 21.9. The van der Waals surface area contributed by atoms with Crippen LogP contribution < -0.4 is 4.90 Å². The van der Waals surface area contributed by atoms with Gasteiger partial charge in [0.05, 0.1) is 21.4 Å². The van der Waals surface area contributed by atoms with Gasteiger partial charge in [0.15, 0.2) is 0 Å². The molecule has 0 spiro atoms. The molecule has 0 amide bonds. The fourth-order valence-electron chi connectivity index (χ4n) is 10.1. The Balaban J connectivity index is 0.916. The number of pyridine rings is 1. The molecule has 0 aliphatic heterocycles. The molecule has 0 aliphatic carbocycles. The van der Waals surface area contributed by atoms with Gasteiger partial charge in [0.25, 0.3) is 0 Å². The summed E-state index contributed by atoms with van der Waals surface area (Å²) in [5.41, 5.74) is 12.6. The lowest BCUT2D eigenvalue weighted by Gasteiger charge is -2.27. The van der Waals surface area contributed by atoms with Crippen LogP contribution in [0.4, 0.5) is 17.1 Å².